The van der Waals surface area contributed by atoms with Gasteiger partial charge in [0.15, 0.2) is 12.5 Å². The fourth-order valence-corrected chi connectivity index (χ4v) is 2.62. The largest absolute Gasteiger partial charge is 0.756 e. The van der Waals surface area contributed by atoms with Gasteiger partial charge in [0.1, 0.15) is 5.56 Å². The molecule has 2 heterocycles. The van der Waals surface area contributed by atoms with Crippen LogP contribution < -0.4 is 15.2 Å². The van der Waals surface area contributed by atoms with Gasteiger partial charge < -0.3 is 14.3 Å². The van der Waals surface area contributed by atoms with Gasteiger partial charge in [-0.3, -0.25) is 14.8 Å². The number of nitrogen functional groups attached to an aromatic ring is 1. The van der Waals surface area contributed by atoms with Crippen molar-refractivity contribution in [2.75, 3.05) is 5.73 Å². The molecule has 0 aliphatic heterocycles. The summed E-state index contributed by atoms with van der Waals surface area (Å²) in [6, 6.07) is 15.0. The zero-order valence-electron chi connectivity index (χ0n) is 13.1. The molecule has 8 nitrogen and oxygen atoms in total. The number of nitrogens with two attached hydrogens (primary N) is 1. The molecule has 0 bridgehead atoms. The van der Waals surface area contributed by atoms with Crippen LogP contribution in [-0.4, -0.2) is 10.1 Å². The zero-order chi connectivity index (χ0) is 17.9. The molecule has 0 fully saturated rings. The summed E-state index contributed by atoms with van der Waals surface area (Å²) in [7, 11) is -4.84. The molecule has 0 saturated heterocycles. The molecule has 3 N–H and O–H groups in total. The molecule has 9 heteroatoms. The Hall–Kier alpha value is -2.51. The first-order chi connectivity index (χ1) is 11.9. The van der Waals surface area contributed by atoms with E-state index in [0.717, 1.165) is 11.3 Å². The van der Waals surface area contributed by atoms with E-state index in [9.17, 15) is 9.46 Å². The summed E-state index contributed by atoms with van der Waals surface area (Å²) in [4.78, 5) is 19.4. The molecule has 1 aromatic carbocycles. The number of nitrogens with zero attached hydrogens (tertiary/aromatic N) is 2. The average Bonchev–Trinajstić information content (AvgIpc) is 3.02. The quantitative estimate of drug-likeness (QED) is 0.500. The number of phosphoric ester groups is 1. The minimum Gasteiger partial charge on any atom is -0.756 e. The van der Waals surface area contributed by atoms with Crippen LogP contribution in [0.15, 0.2) is 59.3 Å². The number of hydrogen-bond acceptors (Lipinski definition) is 6. The maximum absolute atomic E-state index is 10.7. The van der Waals surface area contributed by atoms with Gasteiger partial charge in [-0.15, -0.1) is 0 Å². The summed E-state index contributed by atoms with van der Waals surface area (Å²) in [5.74, 6) is 0.672. The molecule has 25 heavy (non-hydrogen) atoms. The Kier molecular flexibility index (Phi) is 4.96. The van der Waals surface area contributed by atoms with E-state index in [2.05, 4.69) is 9.68 Å². The van der Waals surface area contributed by atoms with Crippen molar-refractivity contribution in [1.82, 2.24) is 5.16 Å². The Labute approximate surface area is 143 Å². The van der Waals surface area contributed by atoms with Crippen molar-refractivity contribution in [3.05, 3.63) is 66.0 Å². The Balaban J connectivity index is 1.81. The van der Waals surface area contributed by atoms with Crippen molar-refractivity contribution in [2.24, 2.45) is 0 Å². The summed E-state index contributed by atoms with van der Waals surface area (Å²) in [6.07, 6.45) is 2.14. The number of benzene rings is 1. The van der Waals surface area contributed by atoms with Crippen molar-refractivity contribution in [3.63, 3.8) is 0 Å². The van der Waals surface area contributed by atoms with Crippen LogP contribution in [-0.2, 0) is 22.2 Å². The zero-order valence-corrected chi connectivity index (χ0v) is 14.0. The van der Waals surface area contributed by atoms with Crippen molar-refractivity contribution in [1.29, 1.82) is 0 Å². The minimum absolute atomic E-state index is 0.221. The maximum atomic E-state index is 10.7. The van der Waals surface area contributed by atoms with Gasteiger partial charge >= 0.3 is 0 Å². The SMILES string of the molecule is Nc1c(-c2cc(Cc3ccccc3)no2)ccc[n+]1COP(=O)([O-])O. The highest BCUT2D eigenvalue weighted by atomic mass is 31.2. The topological polar surface area (TPSA) is 126 Å². The van der Waals surface area contributed by atoms with E-state index < -0.39 is 14.6 Å². The van der Waals surface area contributed by atoms with E-state index in [1.807, 2.05) is 30.3 Å². The first-order valence-corrected chi connectivity index (χ1v) is 8.88. The predicted molar refractivity (Wildman–Crippen MR) is 86.7 cm³/mol. The maximum Gasteiger partial charge on any atom is 0.285 e. The number of rotatable bonds is 6. The molecule has 1 unspecified atom stereocenters. The summed E-state index contributed by atoms with van der Waals surface area (Å²) in [6.45, 7) is -0.442. The van der Waals surface area contributed by atoms with E-state index in [0.29, 0.717) is 17.7 Å². The number of anilines is 1. The summed E-state index contributed by atoms with van der Waals surface area (Å²) < 4.78 is 21.8. The highest BCUT2D eigenvalue weighted by Crippen LogP contribution is 2.30. The van der Waals surface area contributed by atoms with Gasteiger partial charge in [-0.05, 0) is 17.7 Å². The third-order valence-electron chi connectivity index (χ3n) is 3.53. The fourth-order valence-electron chi connectivity index (χ4n) is 2.35. The van der Waals surface area contributed by atoms with Crippen LogP contribution in [0.4, 0.5) is 5.82 Å². The molecule has 0 spiro atoms. The summed E-state index contributed by atoms with van der Waals surface area (Å²) in [5.41, 5.74) is 8.41. The van der Waals surface area contributed by atoms with Crippen LogP contribution in [0.1, 0.15) is 11.3 Å². The molecule has 0 amide bonds. The van der Waals surface area contributed by atoms with E-state index in [1.54, 1.807) is 18.2 Å². The summed E-state index contributed by atoms with van der Waals surface area (Å²) in [5, 5.41) is 4.04. The second-order valence-corrected chi connectivity index (χ2v) is 6.54. The number of phosphoric acid groups is 1. The molecule has 3 aromatic rings. The van der Waals surface area contributed by atoms with Crippen LogP contribution in [0, 0.1) is 0 Å². The minimum atomic E-state index is -4.84. The van der Waals surface area contributed by atoms with E-state index >= 15 is 0 Å². The molecule has 3 rings (SSSR count). The molecule has 0 radical (unpaired) electrons. The lowest BCUT2D eigenvalue weighted by Gasteiger charge is -2.14. The summed E-state index contributed by atoms with van der Waals surface area (Å²) >= 11 is 0. The van der Waals surface area contributed by atoms with Gasteiger partial charge in [0.05, 0.1) is 11.9 Å². The average molecular weight is 361 g/mol. The Morgan fingerprint density at radius 3 is 2.76 bits per heavy atom. The van der Waals surface area contributed by atoms with Gasteiger partial charge in [0, 0.05) is 12.5 Å². The Bertz CT molecular complexity index is 907. The second-order valence-electron chi connectivity index (χ2n) is 5.35. The van der Waals surface area contributed by atoms with Gasteiger partial charge in [0.2, 0.25) is 0 Å². The molecular weight excluding hydrogens is 345 g/mol. The molecule has 0 aliphatic carbocycles. The standard InChI is InChI=1S/C16H16N3O5P/c17-16-14(7-4-8-19(16)11-23-25(20,21)22)15-10-13(18-24-15)9-12-5-2-1-3-6-12/h1-8,10,17H,9,11H2,(H2,20,21,22). The smallest absolute Gasteiger partial charge is 0.285 e. The normalized spacial score (nSPS) is 13.5. The van der Waals surface area contributed by atoms with E-state index in [4.69, 9.17) is 15.2 Å². The van der Waals surface area contributed by atoms with Crippen LogP contribution in [0.2, 0.25) is 0 Å². The fraction of sp³-hybridized carbons (Fsp3) is 0.125. The van der Waals surface area contributed by atoms with Gasteiger partial charge in [-0.1, -0.05) is 35.5 Å². The number of pyridine rings is 1. The molecule has 2 aromatic heterocycles. The van der Waals surface area contributed by atoms with Crippen molar-refractivity contribution in [3.8, 4) is 11.3 Å². The van der Waals surface area contributed by atoms with Crippen molar-refractivity contribution < 1.29 is 28.0 Å². The lowest BCUT2D eigenvalue weighted by Crippen LogP contribution is -2.38. The van der Waals surface area contributed by atoms with Gasteiger partial charge in [0.25, 0.3) is 13.6 Å². The predicted octanol–water partition coefficient (Wildman–Crippen LogP) is 1.24. The van der Waals surface area contributed by atoms with Crippen molar-refractivity contribution >= 4 is 13.6 Å². The van der Waals surface area contributed by atoms with Crippen LogP contribution in [0.25, 0.3) is 11.3 Å². The highest BCUT2D eigenvalue weighted by molar-refractivity contribution is 7.44. The number of hydrogen-bond donors (Lipinski definition) is 2. The van der Waals surface area contributed by atoms with Crippen molar-refractivity contribution in [2.45, 2.75) is 13.2 Å². The first kappa shape index (κ1) is 17.3. The number of aromatic nitrogens is 2. The lowest BCUT2D eigenvalue weighted by molar-refractivity contribution is -0.712. The Morgan fingerprint density at radius 2 is 2.04 bits per heavy atom. The molecule has 0 aliphatic rings. The second kappa shape index (κ2) is 7.16. The monoisotopic (exact) mass is 361 g/mol. The Morgan fingerprint density at radius 1 is 1.28 bits per heavy atom. The third-order valence-corrected chi connectivity index (χ3v) is 3.97. The van der Waals surface area contributed by atoms with E-state index in [1.165, 1.54) is 10.8 Å². The van der Waals surface area contributed by atoms with Gasteiger partial charge in [-0.25, -0.2) is 4.57 Å². The van der Waals surface area contributed by atoms with Crippen LogP contribution in [0.3, 0.4) is 0 Å². The molecule has 130 valence electrons. The first-order valence-electron chi connectivity index (χ1n) is 7.38. The molecular formula is C16H16N3O5P. The van der Waals surface area contributed by atoms with Crippen LogP contribution in [0.5, 0.6) is 0 Å². The highest BCUT2D eigenvalue weighted by Gasteiger charge is 2.18. The molecule has 0 saturated carbocycles. The molecule has 1 atom stereocenters. The lowest BCUT2D eigenvalue weighted by atomic mass is 10.1. The van der Waals surface area contributed by atoms with Crippen LogP contribution >= 0.6 is 7.82 Å². The van der Waals surface area contributed by atoms with E-state index in [-0.39, 0.29) is 5.82 Å². The third kappa shape index (κ3) is 4.52. The van der Waals surface area contributed by atoms with Gasteiger partial charge in [-0.2, -0.15) is 0 Å².